The molecular weight excluding hydrogens is 251 g/mol. The lowest BCUT2D eigenvalue weighted by molar-refractivity contribution is 0.0695. The Balaban J connectivity index is 2.12. The Labute approximate surface area is 109 Å². The third-order valence-corrected chi connectivity index (χ3v) is 2.72. The lowest BCUT2D eigenvalue weighted by Gasteiger charge is -2.07. The number of rotatable bonds is 4. The normalized spacial score (nSPS) is 10.5. The van der Waals surface area contributed by atoms with E-state index in [1.165, 1.54) is 18.2 Å². The Morgan fingerprint density at radius 2 is 2.11 bits per heavy atom. The predicted molar refractivity (Wildman–Crippen MR) is 65.9 cm³/mol. The zero-order valence-electron chi connectivity index (χ0n) is 10.6. The predicted octanol–water partition coefficient (Wildman–Crippen LogP) is 3.31. The molecule has 1 heterocycles. The average Bonchev–Trinajstić information content (AvgIpc) is 2.72. The van der Waals surface area contributed by atoms with E-state index in [9.17, 15) is 9.18 Å². The third kappa shape index (κ3) is 2.93. The molecule has 1 aromatic heterocycles. The maximum atomic E-state index is 13.1. The molecule has 2 rings (SSSR count). The van der Waals surface area contributed by atoms with Crippen molar-refractivity contribution in [3.05, 3.63) is 52.7 Å². The molecule has 4 nitrogen and oxygen atoms in total. The molecule has 0 atom stereocenters. The van der Waals surface area contributed by atoms with E-state index in [0.717, 1.165) is 5.56 Å². The quantitative estimate of drug-likeness (QED) is 0.920. The number of aromatic carboxylic acids is 1. The van der Waals surface area contributed by atoms with Crippen LogP contribution in [0.1, 0.15) is 27.4 Å². The number of furan rings is 1. The maximum Gasteiger partial charge on any atom is 0.339 e. The van der Waals surface area contributed by atoms with E-state index in [1.54, 1.807) is 19.9 Å². The van der Waals surface area contributed by atoms with Crippen LogP contribution >= 0.6 is 0 Å². The van der Waals surface area contributed by atoms with E-state index in [-0.39, 0.29) is 18.0 Å². The van der Waals surface area contributed by atoms with E-state index in [4.69, 9.17) is 14.3 Å². The second kappa shape index (κ2) is 5.14. The molecule has 0 spiro atoms. The minimum Gasteiger partial charge on any atom is -0.485 e. The van der Waals surface area contributed by atoms with Crippen LogP contribution in [0.5, 0.6) is 5.75 Å². The lowest BCUT2D eigenvalue weighted by atomic mass is 10.2. The molecule has 0 aliphatic heterocycles. The third-order valence-electron chi connectivity index (χ3n) is 2.72. The van der Waals surface area contributed by atoms with E-state index in [1.807, 2.05) is 0 Å². The summed E-state index contributed by atoms with van der Waals surface area (Å²) in [5.41, 5.74) is 0.901. The van der Waals surface area contributed by atoms with Crippen LogP contribution in [0, 0.1) is 19.7 Å². The van der Waals surface area contributed by atoms with Crippen LogP contribution in [-0.2, 0) is 6.61 Å². The van der Waals surface area contributed by atoms with Crippen molar-refractivity contribution in [2.75, 3.05) is 0 Å². The standard InChI is InChI=1S/C14H13FO4/c1-8-3-4-10(15)5-13(8)18-7-11-6-12(14(16)17)9(2)19-11/h3-6H,7H2,1-2H3,(H,16,17). The molecule has 0 aliphatic rings. The second-order valence-corrected chi connectivity index (χ2v) is 4.19. The van der Waals surface area contributed by atoms with Crippen LogP contribution < -0.4 is 4.74 Å². The summed E-state index contributed by atoms with van der Waals surface area (Å²) in [6.45, 7) is 3.42. The fourth-order valence-electron chi connectivity index (χ4n) is 1.71. The molecule has 0 aliphatic carbocycles. The van der Waals surface area contributed by atoms with Crippen LogP contribution in [0.15, 0.2) is 28.7 Å². The highest BCUT2D eigenvalue weighted by Crippen LogP contribution is 2.21. The largest absolute Gasteiger partial charge is 0.485 e. The van der Waals surface area contributed by atoms with Crippen molar-refractivity contribution in [2.45, 2.75) is 20.5 Å². The van der Waals surface area contributed by atoms with Gasteiger partial charge < -0.3 is 14.3 Å². The Bertz CT molecular complexity index is 616. The number of carboxylic acids is 1. The van der Waals surface area contributed by atoms with Gasteiger partial charge in [-0.15, -0.1) is 0 Å². The lowest BCUT2D eigenvalue weighted by Crippen LogP contribution is -1.97. The number of carboxylic acid groups (broad SMARTS) is 1. The molecule has 0 saturated heterocycles. The highest BCUT2D eigenvalue weighted by Gasteiger charge is 2.14. The van der Waals surface area contributed by atoms with Gasteiger partial charge in [0.1, 0.15) is 35.3 Å². The van der Waals surface area contributed by atoms with Crippen molar-refractivity contribution >= 4 is 5.97 Å². The summed E-state index contributed by atoms with van der Waals surface area (Å²) in [7, 11) is 0. The first kappa shape index (κ1) is 13.1. The van der Waals surface area contributed by atoms with Crippen LogP contribution in [0.3, 0.4) is 0 Å². The van der Waals surface area contributed by atoms with Crippen LogP contribution in [-0.4, -0.2) is 11.1 Å². The average molecular weight is 264 g/mol. The number of carbonyl (C=O) groups is 1. The van der Waals surface area contributed by atoms with E-state index < -0.39 is 5.97 Å². The zero-order chi connectivity index (χ0) is 14.0. The van der Waals surface area contributed by atoms with Crippen molar-refractivity contribution in [1.82, 2.24) is 0 Å². The Morgan fingerprint density at radius 1 is 1.37 bits per heavy atom. The molecule has 1 aromatic carbocycles. The van der Waals surface area contributed by atoms with Crippen LogP contribution in [0.4, 0.5) is 4.39 Å². The van der Waals surface area contributed by atoms with Crippen molar-refractivity contribution in [1.29, 1.82) is 0 Å². The van der Waals surface area contributed by atoms with Gasteiger partial charge in [-0.3, -0.25) is 0 Å². The molecule has 0 bridgehead atoms. The first-order valence-corrected chi connectivity index (χ1v) is 5.69. The topological polar surface area (TPSA) is 59.7 Å². The fraction of sp³-hybridized carbons (Fsp3) is 0.214. The molecule has 0 radical (unpaired) electrons. The van der Waals surface area contributed by atoms with Gasteiger partial charge in [0.05, 0.1) is 0 Å². The highest BCUT2D eigenvalue weighted by atomic mass is 19.1. The molecule has 100 valence electrons. The number of aryl methyl sites for hydroxylation is 2. The SMILES string of the molecule is Cc1ccc(F)cc1OCc1cc(C(=O)O)c(C)o1. The minimum atomic E-state index is -1.05. The van der Waals surface area contributed by atoms with Crippen molar-refractivity contribution in [3.63, 3.8) is 0 Å². The van der Waals surface area contributed by atoms with Gasteiger partial charge in [0.15, 0.2) is 0 Å². The number of hydrogen-bond acceptors (Lipinski definition) is 3. The molecule has 0 fully saturated rings. The summed E-state index contributed by atoms with van der Waals surface area (Å²) in [6, 6.07) is 5.65. The molecule has 0 saturated carbocycles. The maximum absolute atomic E-state index is 13.1. The summed E-state index contributed by atoms with van der Waals surface area (Å²) in [5, 5.41) is 8.89. The van der Waals surface area contributed by atoms with Crippen LogP contribution in [0.25, 0.3) is 0 Å². The van der Waals surface area contributed by atoms with Crippen molar-refractivity contribution in [3.8, 4) is 5.75 Å². The van der Waals surface area contributed by atoms with Gasteiger partial charge in [0.2, 0.25) is 0 Å². The number of benzene rings is 1. The van der Waals surface area contributed by atoms with E-state index in [0.29, 0.717) is 17.3 Å². The molecule has 19 heavy (non-hydrogen) atoms. The molecule has 1 N–H and O–H groups in total. The smallest absolute Gasteiger partial charge is 0.339 e. The monoisotopic (exact) mass is 264 g/mol. The molecule has 0 amide bonds. The van der Waals surface area contributed by atoms with Crippen LogP contribution in [0.2, 0.25) is 0 Å². The van der Waals surface area contributed by atoms with Crippen molar-refractivity contribution in [2.24, 2.45) is 0 Å². The zero-order valence-corrected chi connectivity index (χ0v) is 10.6. The second-order valence-electron chi connectivity index (χ2n) is 4.19. The fourth-order valence-corrected chi connectivity index (χ4v) is 1.71. The molecule has 5 heteroatoms. The van der Waals surface area contributed by atoms with Gasteiger partial charge in [0, 0.05) is 6.07 Å². The molecular formula is C14H13FO4. The van der Waals surface area contributed by atoms with E-state index in [2.05, 4.69) is 0 Å². The first-order chi connectivity index (χ1) is 8.97. The van der Waals surface area contributed by atoms with Gasteiger partial charge in [-0.25, -0.2) is 9.18 Å². The Morgan fingerprint density at radius 3 is 2.74 bits per heavy atom. The van der Waals surface area contributed by atoms with Gasteiger partial charge in [0.25, 0.3) is 0 Å². The summed E-state index contributed by atoms with van der Waals surface area (Å²) < 4.78 is 23.8. The molecule has 2 aromatic rings. The number of ether oxygens (including phenoxy) is 1. The van der Waals surface area contributed by atoms with E-state index >= 15 is 0 Å². The van der Waals surface area contributed by atoms with Gasteiger partial charge in [-0.2, -0.15) is 0 Å². The number of hydrogen-bond donors (Lipinski definition) is 1. The summed E-state index contributed by atoms with van der Waals surface area (Å²) in [6.07, 6.45) is 0. The molecule has 0 unspecified atom stereocenters. The summed E-state index contributed by atoms with van der Waals surface area (Å²) in [4.78, 5) is 10.9. The summed E-state index contributed by atoms with van der Waals surface area (Å²) in [5.74, 6) is -0.316. The van der Waals surface area contributed by atoms with Crippen molar-refractivity contribution < 1.29 is 23.4 Å². The highest BCUT2D eigenvalue weighted by molar-refractivity contribution is 5.88. The van der Waals surface area contributed by atoms with Gasteiger partial charge in [-0.05, 0) is 31.5 Å². The Kier molecular flexibility index (Phi) is 3.55. The summed E-state index contributed by atoms with van der Waals surface area (Å²) >= 11 is 0. The van der Waals surface area contributed by atoms with Gasteiger partial charge >= 0.3 is 5.97 Å². The Hall–Kier alpha value is -2.30. The first-order valence-electron chi connectivity index (χ1n) is 5.69. The minimum absolute atomic E-state index is 0.0540. The number of halogens is 1. The van der Waals surface area contributed by atoms with Gasteiger partial charge in [-0.1, -0.05) is 6.07 Å².